The van der Waals surface area contributed by atoms with Crippen LogP contribution in [0.1, 0.15) is 65.9 Å². The minimum absolute atomic E-state index is 0.0583. The molecule has 0 aliphatic heterocycles. The summed E-state index contributed by atoms with van der Waals surface area (Å²) in [5, 5.41) is 33.9. The van der Waals surface area contributed by atoms with E-state index in [0.717, 1.165) is 16.8 Å². The van der Waals surface area contributed by atoms with E-state index in [1.165, 1.54) is 0 Å². The van der Waals surface area contributed by atoms with E-state index in [1.807, 2.05) is 45.0 Å². The molecule has 0 bridgehead atoms. The van der Waals surface area contributed by atoms with Crippen LogP contribution in [0.2, 0.25) is 0 Å². The zero-order valence-electron chi connectivity index (χ0n) is 21.4. The molecule has 6 nitrogen and oxygen atoms in total. The predicted molar refractivity (Wildman–Crippen MR) is 143 cm³/mol. The molecule has 1 fully saturated rings. The van der Waals surface area contributed by atoms with E-state index >= 15 is 0 Å². The van der Waals surface area contributed by atoms with E-state index < -0.39 is 11.5 Å². The van der Waals surface area contributed by atoms with Crippen LogP contribution >= 0.6 is 0 Å². The molecule has 1 saturated carbocycles. The number of nitrogens with one attached hydrogen (secondary N) is 1. The maximum atomic E-state index is 13.0. The van der Waals surface area contributed by atoms with Crippen molar-refractivity contribution in [3.63, 3.8) is 0 Å². The average molecular weight is 491 g/mol. The monoisotopic (exact) mass is 490 g/mol. The highest BCUT2D eigenvalue weighted by molar-refractivity contribution is 6.04. The third-order valence-electron chi connectivity index (χ3n) is 7.17. The Kier molecular flexibility index (Phi) is 9.76. The number of aliphatic hydroxyl groups is 3. The summed E-state index contributed by atoms with van der Waals surface area (Å²) in [4.78, 5) is 17.2. The van der Waals surface area contributed by atoms with Gasteiger partial charge in [0.25, 0.3) is 5.91 Å². The molecular formula is C30H38N2O4. The Morgan fingerprint density at radius 3 is 2.50 bits per heavy atom. The lowest BCUT2D eigenvalue weighted by Gasteiger charge is -2.47. The minimum Gasteiger partial charge on any atom is -0.396 e. The number of hydrogen-bond acceptors (Lipinski definition) is 5. The van der Waals surface area contributed by atoms with E-state index in [2.05, 4.69) is 22.4 Å². The molecule has 36 heavy (non-hydrogen) atoms. The molecule has 3 atom stereocenters. The quantitative estimate of drug-likeness (QED) is 0.381. The largest absolute Gasteiger partial charge is 0.396 e. The molecule has 0 radical (unpaired) electrons. The fourth-order valence-corrected chi connectivity index (χ4v) is 5.35. The number of anilines is 1. The lowest BCUT2D eigenvalue weighted by Crippen LogP contribution is -2.46. The zero-order chi connectivity index (χ0) is 26.1. The van der Waals surface area contributed by atoms with E-state index in [1.54, 1.807) is 30.5 Å². The van der Waals surface area contributed by atoms with Crippen molar-refractivity contribution in [2.45, 2.75) is 64.6 Å². The van der Waals surface area contributed by atoms with Gasteiger partial charge < -0.3 is 20.6 Å². The summed E-state index contributed by atoms with van der Waals surface area (Å²) in [6, 6.07) is 19.1. The molecule has 1 aliphatic carbocycles. The number of hydrogen-bond donors (Lipinski definition) is 4. The molecule has 4 rings (SSSR count). The number of aliphatic hydroxyl groups excluding tert-OH is 3. The van der Waals surface area contributed by atoms with Crippen LogP contribution in [0.5, 0.6) is 0 Å². The molecular weight excluding hydrogens is 452 g/mol. The molecule has 1 amide bonds. The third-order valence-corrected chi connectivity index (χ3v) is 7.17. The molecule has 2 aromatic carbocycles. The van der Waals surface area contributed by atoms with Crippen molar-refractivity contribution in [1.29, 1.82) is 0 Å². The van der Waals surface area contributed by atoms with Gasteiger partial charge in [0.05, 0.1) is 24.1 Å². The number of benzene rings is 2. The molecule has 1 heterocycles. The molecule has 3 aromatic rings. The van der Waals surface area contributed by atoms with E-state index in [0.29, 0.717) is 42.5 Å². The van der Waals surface area contributed by atoms with Crippen molar-refractivity contribution >= 4 is 11.6 Å². The van der Waals surface area contributed by atoms with Crippen molar-refractivity contribution < 1.29 is 20.1 Å². The molecule has 6 heteroatoms. The number of carbonyl (C=O) groups is 1. The highest BCUT2D eigenvalue weighted by Crippen LogP contribution is 2.47. The van der Waals surface area contributed by atoms with E-state index in [9.17, 15) is 20.1 Å². The van der Waals surface area contributed by atoms with Crippen LogP contribution in [0.3, 0.4) is 0 Å². The summed E-state index contributed by atoms with van der Waals surface area (Å²) in [7, 11) is 0. The highest BCUT2D eigenvalue weighted by atomic mass is 16.3. The summed E-state index contributed by atoms with van der Waals surface area (Å²) < 4.78 is 0. The molecule has 0 spiro atoms. The smallest absolute Gasteiger partial charge is 0.255 e. The lowest BCUT2D eigenvalue weighted by molar-refractivity contribution is 0.0210. The Labute approximate surface area is 214 Å². The van der Waals surface area contributed by atoms with Gasteiger partial charge >= 0.3 is 0 Å². The van der Waals surface area contributed by atoms with Gasteiger partial charge in [-0.1, -0.05) is 50.2 Å². The van der Waals surface area contributed by atoms with E-state index in [4.69, 9.17) is 0 Å². The van der Waals surface area contributed by atoms with Crippen LogP contribution in [0, 0.1) is 12.8 Å². The summed E-state index contributed by atoms with van der Waals surface area (Å²) in [6.07, 6.45) is 3.70. The predicted octanol–water partition coefficient (Wildman–Crippen LogP) is 4.79. The van der Waals surface area contributed by atoms with Crippen LogP contribution in [0.25, 0.3) is 0 Å². The fraction of sp³-hybridized carbons (Fsp3) is 0.400. The molecule has 192 valence electrons. The van der Waals surface area contributed by atoms with Gasteiger partial charge in [-0.25, -0.2) is 0 Å². The topological polar surface area (TPSA) is 103 Å². The third kappa shape index (κ3) is 6.01. The summed E-state index contributed by atoms with van der Waals surface area (Å²) in [5.41, 5.74) is 4.09. The van der Waals surface area contributed by atoms with Crippen LogP contribution in [0.4, 0.5) is 5.69 Å². The number of rotatable bonds is 7. The summed E-state index contributed by atoms with van der Waals surface area (Å²) in [5.74, 6) is -0.438. The van der Waals surface area contributed by atoms with Gasteiger partial charge in [-0.2, -0.15) is 0 Å². The second kappa shape index (κ2) is 12.8. The SMILES string of the molecule is CC.Cc1ncccc1NC(=O)c1ccc(C2(Cc3ccccc3)CCC(O)CC2CO)c(CO)c1. The normalized spacial score (nSPS) is 21.3. The molecule has 1 aliphatic rings. The van der Waals surface area contributed by atoms with Gasteiger partial charge in [-0.3, -0.25) is 9.78 Å². The number of aryl methyl sites for hydroxylation is 1. The number of aromatic nitrogens is 1. The van der Waals surface area contributed by atoms with Crippen LogP contribution in [-0.2, 0) is 18.4 Å². The Balaban J connectivity index is 0.00000176. The first kappa shape index (κ1) is 27.5. The Morgan fingerprint density at radius 2 is 1.83 bits per heavy atom. The Bertz CT molecular complexity index is 1130. The van der Waals surface area contributed by atoms with E-state index in [-0.39, 0.29) is 25.0 Å². The molecule has 0 saturated heterocycles. The first-order valence-corrected chi connectivity index (χ1v) is 12.8. The minimum atomic E-state index is -0.456. The van der Waals surface area contributed by atoms with Crippen LogP contribution < -0.4 is 5.32 Å². The Morgan fingerprint density at radius 1 is 1.08 bits per heavy atom. The van der Waals surface area contributed by atoms with Crippen molar-refractivity contribution in [3.8, 4) is 0 Å². The second-order valence-corrected chi connectivity index (χ2v) is 9.25. The summed E-state index contributed by atoms with van der Waals surface area (Å²) >= 11 is 0. The van der Waals surface area contributed by atoms with Gasteiger partial charge in [-0.05, 0) is 79.5 Å². The van der Waals surface area contributed by atoms with Gasteiger partial charge in [-0.15, -0.1) is 0 Å². The Hall–Kier alpha value is -3.06. The van der Waals surface area contributed by atoms with Gasteiger partial charge in [0, 0.05) is 23.8 Å². The van der Waals surface area contributed by atoms with Crippen molar-refractivity contribution in [2.75, 3.05) is 11.9 Å². The first-order chi connectivity index (χ1) is 17.5. The first-order valence-electron chi connectivity index (χ1n) is 12.8. The van der Waals surface area contributed by atoms with Gasteiger partial charge in [0.1, 0.15) is 0 Å². The van der Waals surface area contributed by atoms with Crippen molar-refractivity contribution in [3.05, 3.63) is 94.8 Å². The number of carbonyl (C=O) groups excluding carboxylic acids is 1. The summed E-state index contributed by atoms with van der Waals surface area (Å²) in [6.45, 7) is 5.55. The number of nitrogens with zero attached hydrogens (tertiary/aromatic N) is 1. The average Bonchev–Trinajstić information content (AvgIpc) is 2.92. The lowest BCUT2D eigenvalue weighted by atomic mass is 9.58. The zero-order valence-corrected chi connectivity index (χ0v) is 21.4. The second-order valence-electron chi connectivity index (χ2n) is 9.25. The number of pyridine rings is 1. The van der Waals surface area contributed by atoms with Crippen LogP contribution in [-0.4, -0.2) is 38.9 Å². The maximum Gasteiger partial charge on any atom is 0.255 e. The van der Waals surface area contributed by atoms with Crippen molar-refractivity contribution in [2.24, 2.45) is 5.92 Å². The molecule has 1 aromatic heterocycles. The molecule has 4 N–H and O–H groups in total. The van der Waals surface area contributed by atoms with Crippen LogP contribution in [0.15, 0.2) is 66.9 Å². The standard InChI is InChI=1S/C28H32N2O4.C2H6/c1-19-26(8-5-13-29-19)30-27(34)21-9-10-25(22(14-21)17-31)28(16-20-6-3-2-4-7-20)12-11-24(33)15-23(28)18-32;1-2/h2-10,13-14,23-24,31-33H,11-12,15-18H2,1H3,(H,30,34);1-2H3. The fourth-order valence-electron chi connectivity index (χ4n) is 5.35. The highest BCUT2D eigenvalue weighted by Gasteiger charge is 2.45. The molecule has 3 unspecified atom stereocenters. The number of amides is 1. The van der Waals surface area contributed by atoms with Crippen molar-refractivity contribution in [1.82, 2.24) is 4.98 Å². The van der Waals surface area contributed by atoms with Gasteiger partial charge in [0.15, 0.2) is 0 Å². The maximum absolute atomic E-state index is 13.0. The van der Waals surface area contributed by atoms with Gasteiger partial charge in [0.2, 0.25) is 0 Å².